The van der Waals surface area contributed by atoms with Gasteiger partial charge in [-0.15, -0.1) is 5.10 Å². The van der Waals surface area contributed by atoms with Crippen molar-refractivity contribution < 1.29 is 4.74 Å². The van der Waals surface area contributed by atoms with Gasteiger partial charge in [-0.3, -0.25) is 0 Å². The average Bonchev–Trinajstić information content (AvgIpc) is 2.88. The van der Waals surface area contributed by atoms with Crippen molar-refractivity contribution in [1.82, 2.24) is 15.2 Å². The Morgan fingerprint density at radius 2 is 1.95 bits per heavy atom. The van der Waals surface area contributed by atoms with Gasteiger partial charge >= 0.3 is 0 Å². The van der Waals surface area contributed by atoms with Gasteiger partial charge in [0.2, 0.25) is 11.9 Å². The van der Waals surface area contributed by atoms with Crippen molar-refractivity contribution in [3.63, 3.8) is 0 Å². The summed E-state index contributed by atoms with van der Waals surface area (Å²) in [6, 6.07) is 14.7. The van der Waals surface area contributed by atoms with Crippen LogP contribution in [0.2, 0.25) is 5.02 Å². The number of hydrogen-bond donors (Lipinski definition) is 3. The highest BCUT2D eigenvalue weighted by Crippen LogP contribution is 2.32. The topological polar surface area (TPSA) is 88.8 Å². The summed E-state index contributed by atoms with van der Waals surface area (Å²) in [5.74, 6) is 1.91. The lowest BCUT2D eigenvalue weighted by Crippen LogP contribution is -1.93. The lowest BCUT2D eigenvalue weighted by atomic mass is 10.3. The molecular formula is C14H12ClN5O. The van der Waals surface area contributed by atoms with Crippen LogP contribution in [0.3, 0.4) is 0 Å². The first kappa shape index (κ1) is 13.3. The molecule has 7 heteroatoms. The van der Waals surface area contributed by atoms with Crippen molar-refractivity contribution >= 4 is 29.2 Å². The number of hydrogen-bond acceptors (Lipinski definition) is 5. The summed E-state index contributed by atoms with van der Waals surface area (Å²) < 4.78 is 5.70. The number of benzene rings is 2. The molecule has 0 radical (unpaired) electrons. The summed E-state index contributed by atoms with van der Waals surface area (Å²) in [5, 5.41) is 9.89. The molecule has 4 N–H and O–H groups in total. The normalized spacial score (nSPS) is 10.3. The van der Waals surface area contributed by atoms with E-state index in [-0.39, 0.29) is 5.95 Å². The number of nitrogens with zero attached hydrogens (tertiary/aromatic N) is 2. The maximum absolute atomic E-state index is 6.21. The Bertz CT molecular complexity index is 744. The van der Waals surface area contributed by atoms with Crippen molar-refractivity contribution in [1.29, 1.82) is 0 Å². The van der Waals surface area contributed by atoms with Crippen LogP contribution in [-0.4, -0.2) is 15.2 Å². The number of aromatic nitrogens is 3. The molecule has 0 aliphatic heterocycles. The molecule has 0 atom stereocenters. The minimum atomic E-state index is 0.243. The molecule has 0 amide bonds. The van der Waals surface area contributed by atoms with Crippen LogP contribution in [0.25, 0.3) is 0 Å². The quantitative estimate of drug-likeness (QED) is 0.685. The molecule has 106 valence electrons. The van der Waals surface area contributed by atoms with Crippen LogP contribution in [-0.2, 0) is 0 Å². The molecule has 0 saturated carbocycles. The van der Waals surface area contributed by atoms with Crippen LogP contribution in [0.5, 0.6) is 11.5 Å². The number of aromatic amines is 1. The standard InChI is InChI=1S/C14H12ClN5O/c15-11-8-9(17-14-18-13(16)19-20-14)6-7-12(11)21-10-4-2-1-3-5-10/h1-8H,(H4,16,17,18,19,20). The Hall–Kier alpha value is -2.73. The lowest BCUT2D eigenvalue weighted by Gasteiger charge is -2.09. The van der Waals surface area contributed by atoms with E-state index in [2.05, 4.69) is 20.5 Å². The van der Waals surface area contributed by atoms with Crippen molar-refractivity contribution in [2.24, 2.45) is 0 Å². The predicted molar refractivity (Wildman–Crippen MR) is 82.0 cm³/mol. The van der Waals surface area contributed by atoms with E-state index in [9.17, 15) is 0 Å². The predicted octanol–water partition coefficient (Wildman–Crippen LogP) is 3.58. The van der Waals surface area contributed by atoms with Crippen LogP contribution in [0.1, 0.15) is 0 Å². The number of para-hydroxylation sites is 1. The fourth-order valence-electron chi connectivity index (χ4n) is 1.74. The molecule has 21 heavy (non-hydrogen) atoms. The molecular weight excluding hydrogens is 290 g/mol. The minimum Gasteiger partial charge on any atom is -0.456 e. The van der Waals surface area contributed by atoms with E-state index >= 15 is 0 Å². The summed E-state index contributed by atoms with van der Waals surface area (Å²) in [6.45, 7) is 0. The number of H-pyrrole nitrogens is 1. The Morgan fingerprint density at radius 1 is 1.14 bits per heavy atom. The number of ether oxygens (including phenoxy) is 1. The molecule has 0 unspecified atom stereocenters. The van der Waals surface area contributed by atoms with Gasteiger partial charge in [-0.2, -0.15) is 4.98 Å². The smallest absolute Gasteiger partial charge is 0.248 e. The highest BCUT2D eigenvalue weighted by molar-refractivity contribution is 6.32. The summed E-state index contributed by atoms with van der Waals surface area (Å²) in [6.07, 6.45) is 0. The largest absolute Gasteiger partial charge is 0.456 e. The van der Waals surface area contributed by atoms with E-state index in [4.69, 9.17) is 22.1 Å². The van der Waals surface area contributed by atoms with Gasteiger partial charge in [-0.1, -0.05) is 29.8 Å². The van der Waals surface area contributed by atoms with Crippen molar-refractivity contribution in [2.75, 3.05) is 11.1 Å². The third-order valence-electron chi connectivity index (χ3n) is 2.66. The van der Waals surface area contributed by atoms with E-state index in [0.717, 1.165) is 11.4 Å². The molecule has 6 nitrogen and oxygen atoms in total. The first-order chi connectivity index (χ1) is 10.2. The van der Waals surface area contributed by atoms with Crippen LogP contribution in [0, 0.1) is 0 Å². The second-order valence-electron chi connectivity index (χ2n) is 4.23. The molecule has 0 bridgehead atoms. The van der Waals surface area contributed by atoms with E-state index < -0.39 is 0 Å². The van der Waals surface area contributed by atoms with Gasteiger partial charge in [0, 0.05) is 5.69 Å². The fraction of sp³-hybridized carbons (Fsp3) is 0. The van der Waals surface area contributed by atoms with E-state index in [1.54, 1.807) is 12.1 Å². The SMILES string of the molecule is Nc1nc(Nc2ccc(Oc3ccccc3)c(Cl)c2)n[nH]1. The zero-order valence-electron chi connectivity index (χ0n) is 10.9. The Labute approximate surface area is 125 Å². The Balaban J connectivity index is 1.76. The molecule has 1 aromatic heterocycles. The first-order valence-corrected chi connectivity index (χ1v) is 6.56. The zero-order chi connectivity index (χ0) is 14.7. The molecule has 0 aliphatic rings. The first-order valence-electron chi connectivity index (χ1n) is 6.18. The monoisotopic (exact) mass is 301 g/mol. The lowest BCUT2D eigenvalue weighted by molar-refractivity contribution is 0.483. The summed E-state index contributed by atoms with van der Waals surface area (Å²) in [4.78, 5) is 3.95. The minimum absolute atomic E-state index is 0.243. The van der Waals surface area contributed by atoms with Crippen LogP contribution in [0.4, 0.5) is 17.6 Å². The van der Waals surface area contributed by atoms with Crippen LogP contribution < -0.4 is 15.8 Å². The van der Waals surface area contributed by atoms with Crippen molar-refractivity contribution in [3.8, 4) is 11.5 Å². The molecule has 3 rings (SSSR count). The highest BCUT2D eigenvalue weighted by Gasteiger charge is 2.06. The van der Waals surface area contributed by atoms with Gasteiger partial charge < -0.3 is 15.8 Å². The molecule has 0 fully saturated rings. The highest BCUT2D eigenvalue weighted by atomic mass is 35.5. The Morgan fingerprint density at radius 3 is 2.62 bits per heavy atom. The van der Waals surface area contributed by atoms with Gasteiger partial charge in [0.15, 0.2) is 0 Å². The number of halogens is 1. The van der Waals surface area contributed by atoms with Gasteiger partial charge in [-0.05, 0) is 30.3 Å². The molecule has 0 spiro atoms. The molecule has 2 aromatic carbocycles. The fourth-order valence-corrected chi connectivity index (χ4v) is 1.96. The third kappa shape index (κ3) is 3.24. The maximum atomic E-state index is 6.21. The second-order valence-corrected chi connectivity index (χ2v) is 4.64. The third-order valence-corrected chi connectivity index (χ3v) is 2.96. The molecule has 3 aromatic rings. The maximum Gasteiger partial charge on any atom is 0.248 e. The average molecular weight is 302 g/mol. The van der Waals surface area contributed by atoms with E-state index in [1.807, 2.05) is 36.4 Å². The van der Waals surface area contributed by atoms with Gasteiger partial charge in [-0.25, -0.2) is 5.10 Å². The van der Waals surface area contributed by atoms with Crippen molar-refractivity contribution in [2.45, 2.75) is 0 Å². The molecule has 0 aliphatic carbocycles. The molecule has 0 saturated heterocycles. The van der Waals surface area contributed by atoms with Gasteiger partial charge in [0.05, 0.1) is 5.02 Å². The second kappa shape index (κ2) is 5.72. The Kier molecular flexibility index (Phi) is 3.61. The number of nitrogen functional groups attached to an aromatic ring is 1. The molecule has 1 heterocycles. The zero-order valence-corrected chi connectivity index (χ0v) is 11.6. The van der Waals surface area contributed by atoms with Gasteiger partial charge in [0.1, 0.15) is 11.5 Å². The number of nitrogens with two attached hydrogens (primary N) is 1. The van der Waals surface area contributed by atoms with Crippen LogP contribution in [0.15, 0.2) is 48.5 Å². The van der Waals surface area contributed by atoms with Crippen LogP contribution >= 0.6 is 11.6 Å². The summed E-state index contributed by atoms with van der Waals surface area (Å²) in [7, 11) is 0. The summed E-state index contributed by atoms with van der Waals surface area (Å²) in [5.41, 5.74) is 6.19. The number of rotatable bonds is 4. The van der Waals surface area contributed by atoms with E-state index in [0.29, 0.717) is 16.7 Å². The van der Waals surface area contributed by atoms with E-state index in [1.165, 1.54) is 0 Å². The number of nitrogens with one attached hydrogen (secondary N) is 2. The van der Waals surface area contributed by atoms with Gasteiger partial charge in [0.25, 0.3) is 0 Å². The van der Waals surface area contributed by atoms with Crippen molar-refractivity contribution in [3.05, 3.63) is 53.6 Å². The number of anilines is 3. The summed E-state index contributed by atoms with van der Waals surface area (Å²) >= 11 is 6.21.